The summed E-state index contributed by atoms with van der Waals surface area (Å²) < 4.78 is 18.6. The summed E-state index contributed by atoms with van der Waals surface area (Å²) in [7, 11) is 1.38. The molecule has 9 nitrogen and oxygen atoms in total. The van der Waals surface area contributed by atoms with Gasteiger partial charge in [0.2, 0.25) is 17.7 Å². The number of benzene rings is 1. The lowest BCUT2D eigenvalue weighted by atomic mass is 9.84. The molecule has 0 radical (unpaired) electrons. The average Bonchev–Trinajstić information content (AvgIpc) is 3.22. The molecule has 0 spiro atoms. The van der Waals surface area contributed by atoms with Gasteiger partial charge < -0.3 is 20.7 Å². The second kappa shape index (κ2) is 12.3. The molecule has 1 aliphatic heterocycles. The van der Waals surface area contributed by atoms with Crippen LogP contribution in [0.3, 0.4) is 0 Å². The van der Waals surface area contributed by atoms with Gasteiger partial charge in [-0.25, -0.2) is 4.39 Å². The summed E-state index contributed by atoms with van der Waals surface area (Å²) in [6.45, 7) is 0.180. The number of ether oxygens (including phenoxy) is 1. The molecule has 1 saturated carbocycles. The fourth-order valence-corrected chi connectivity index (χ4v) is 4.57. The van der Waals surface area contributed by atoms with Crippen LogP contribution in [0, 0.1) is 17.1 Å². The number of carbonyl (C=O) groups excluding carboxylic acids is 3. The van der Waals surface area contributed by atoms with E-state index in [1.54, 1.807) is 6.07 Å². The monoisotopic (exact) mass is 475 g/mol. The summed E-state index contributed by atoms with van der Waals surface area (Å²) in [5, 5.41) is 19.1. The highest BCUT2D eigenvalue weighted by atomic mass is 19.1. The van der Waals surface area contributed by atoms with E-state index in [-0.39, 0.29) is 48.4 Å². The average molecular weight is 476 g/mol. The number of methoxy groups -OCH3 is 1. The maximum absolute atomic E-state index is 13.7. The number of nitrogens with one attached hydrogen (secondary N) is 5. The predicted octanol–water partition coefficient (Wildman–Crippen LogP) is 2.10. The molecule has 2 aliphatic rings. The number of amides is 3. The van der Waals surface area contributed by atoms with E-state index in [0.29, 0.717) is 30.7 Å². The van der Waals surface area contributed by atoms with Gasteiger partial charge in [-0.3, -0.25) is 25.1 Å². The number of carbonyl (C=O) groups is 3. The lowest BCUT2D eigenvalue weighted by Gasteiger charge is -2.27. The summed E-state index contributed by atoms with van der Waals surface area (Å²) in [6.07, 6.45) is 7.12. The van der Waals surface area contributed by atoms with Gasteiger partial charge in [0, 0.05) is 25.4 Å². The number of hydrogen-bond donors (Lipinski definition) is 5. The molecule has 0 bridgehead atoms. The Morgan fingerprint density at radius 2 is 2.00 bits per heavy atom. The molecule has 1 aromatic rings. The molecule has 1 saturated heterocycles. The van der Waals surface area contributed by atoms with E-state index in [0.717, 1.165) is 25.7 Å². The standard InChI is InChI=1S/C24H34FN5O4/c1-34-20-12-16(7-9-18(20)25)14-27-23(33)19(11-15-5-3-2-4-6-15)29-24(26)30-22(32)13-17-8-10-21(31)28-17/h7,9,12,15,17,19H,2-6,8,10-11,13-14H2,1H3,(H,27,33)(H,28,31)(H3,26,29,30,32)/t17-,19+/m0/s1. The van der Waals surface area contributed by atoms with E-state index in [9.17, 15) is 18.8 Å². The van der Waals surface area contributed by atoms with Gasteiger partial charge in [-0.2, -0.15) is 0 Å². The highest BCUT2D eigenvalue weighted by Gasteiger charge is 2.27. The first-order chi connectivity index (χ1) is 16.3. The Morgan fingerprint density at radius 3 is 2.68 bits per heavy atom. The van der Waals surface area contributed by atoms with Crippen molar-refractivity contribution in [2.45, 2.75) is 76.4 Å². The van der Waals surface area contributed by atoms with Crippen molar-refractivity contribution in [1.82, 2.24) is 21.3 Å². The zero-order valence-corrected chi connectivity index (χ0v) is 19.5. The number of rotatable bonds is 9. The second-order valence-electron chi connectivity index (χ2n) is 9.05. The largest absolute Gasteiger partial charge is 0.494 e. The van der Waals surface area contributed by atoms with Gasteiger partial charge in [0.25, 0.3) is 0 Å². The van der Waals surface area contributed by atoms with E-state index < -0.39 is 11.9 Å². The van der Waals surface area contributed by atoms with Crippen molar-refractivity contribution < 1.29 is 23.5 Å². The van der Waals surface area contributed by atoms with Crippen LogP contribution >= 0.6 is 0 Å². The van der Waals surface area contributed by atoms with E-state index >= 15 is 0 Å². The van der Waals surface area contributed by atoms with Gasteiger partial charge in [0.05, 0.1) is 7.11 Å². The molecule has 0 aromatic heterocycles. The van der Waals surface area contributed by atoms with Crippen molar-refractivity contribution in [1.29, 1.82) is 5.41 Å². The first kappa shape index (κ1) is 25.5. The van der Waals surface area contributed by atoms with Crippen LogP contribution in [0.2, 0.25) is 0 Å². The summed E-state index contributed by atoms with van der Waals surface area (Å²) in [5.41, 5.74) is 0.685. The fourth-order valence-electron chi connectivity index (χ4n) is 4.57. The zero-order valence-electron chi connectivity index (χ0n) is 19.5. The maximum atomic E-state index is 13.7. The molecule has 5 N–H and O–H groups in total. The molecule has 2 fully saturated rings. The molecule has 3 rings (SSSR count). The van der Waals surface area contributed by atoms with Crippen LogP contribution in [-0.4, -0.2) is 42.9 Å². The first-order valence-electron chi connectivity index (χ1n) is 11.9. The van der Waals surface area contributed by atoms with Gasteiger partial charge >= 0.3 is 0 Å². The highest BCUT2D eigenvalue weighted by molar-refractivity contribution is 5.98. The SMILES string of the molecule is COc1cc(CNC(=O)[C@@H](CC2CCCCC2)NC(=N)NC(=O)C[C@@H]2CCC(=O)N2)ccc1F. The Hall–Kier alpha value is -3.17. The van der Waals surface area contributed by atoms with Crippen LogP contribution in [0.25, 0.3) is 0 Å². The molecule has 1 heterocycles. The van der Waals surface area contributed by atoms with Crippen molar-refractivity contribution in [3.05, 3.63) is 29.6 Å². The lowest BCUT2D eigenvalue weighted by molar-refractivity contribution is -0.124. The van der Waals surface area contributed by atoms with Gasteiger partial charge in [-0.15, -0.1) is 0 Å². The van der Waals surface area contributed by atoms with Gasteiger partial charge in [0.15, 0.2) is 17.5 Å². The van der Waals surface area contributed by atoms with Crippen molar-refractivity contribution in [2.24, 2.45) is 5.92 Å². The van der Waals surface area contributed by atoms with Crippen LogP contribution in [0.15, 0.2) is 18.2 Å². The molecule has 34 heavy (non-hydrogen) atoms. The van der Waals surface area contributed by atoms with Gasteiger partial charge in [0.1, 0.15) is 6.04 Å². The van der Waals surface area contributed by atoms with E-state index in [1.807, 2.05) is 0 Å². The minimum absolute atomic E-state index is 0.0750. The van der Waals surface area contributed by atoms with Crippen LogP contribution in [-0.2, 0) is 20.9 Å². The third kappa shape index (κ3) is 7.71. The number of hydrogen-bond acceptors (Lipinski definition) is 5. The van der Waals surface area contributed by atoms with Crippen LogP contribution in [0.1, 0.15) is 63.4 Å². The smallest absolute Gasteiger partial charge is 0.242 e. The molecule has 1 aromatic carbocycles. The minimum atomic E-state index is -0.690. The maximum Gasteiger partial charge on any atom is 0.242 e. The Kier molecular flexibility index (Phi) is 9.24. The van der Waals surface area contributed by atoms with Crippen LogP contribution < -0.4 is 26.0 Å². The van der Waals surface area contributed by atoms with Crippen molar-refractivity contribution >= 4 is 23.7 Å². The minimum Gasteiger partial charge on any atom is -0.494 e. The molecular weight excluding hydrogens is 441 g/mol. The van der Waals surface area contributed by atoms with Crippen molar-refractivity contribution in [2.75, 3.05) is 7.11 Å². The molecule has 2 atom stereocenters. The van der Waals surface area contributed by atoms with Crippen molar-refractivity contribution in [3.63, 3.8) is 0 Å². The van der Waals surface area contributed by atoms with E-state index in [2.05, 4.69) is 21.3 Å². The van der Waals surface area contributed by atoms with Crippen molar-refractivity contribution in [3.8, 4) is 5.75 Å². The molecule has 1 aliphatic carbocycles. The lowest BCUT2D eigenvalue weighted by Crippen LogP contribution is -2.52. The summed E-state index contributed by atoms with van der Waals surface area (Å²) >= 11 is 0. The predicted molar refractivity (Wildman–Crippen MR) is 125 cm³/mol. The van der Waals surface area contributed by atoms with Crippen LogP contribution in [0.5, 0.6) is 5.75 Å². The number of halogens is 1. The van der Waals surface area contributed by atoms with E-state index in [1.165, 1.54) is 25.7 Å². The molecule has 10 heteroatoms. The molecule has 0 unspecified atom stereocenters. The quantitative estimate of drug-likeness (QED) is 0.276. The summed E-state index contributed by atoms with van der Waals surface area (Å²) in [5.74, 6) is -1.01. The fraction of sp³-hybridized carbons (Fsp3) is 0.583. The summed E-state index contributed by atoms with van der Waals surface area (Å²) in [6, 6.07) is 3.48. The normalized spacial score (nSPS) is 19.1. The van der Waals surface area contributed by atoms with Gasteiger partial charge in [-0.1, -0.05) is 38.2 Å². The first-order valence-corrected chi connectivity index (χ1v) is 11.9. The third-order valence-corrected chi connectivity index (χ3v) is 6.39. The third-order valence-electron chi connectivity index (χ3n) is 6.39. The Labute approximate surface area is 199 Å². The van der Waals surface area contributed by atoms with E-state index in [4.69, 9.17) is 10.1 Å². The summed E-state index contributed by atoms with van der Waals surface area (Å²) in [4.78, 5) is 36.6. The zero-order chi connectivity index (χ0) is 24.5. The topological polar surface area (TPSA) is 132 Å². The number of guanidine groups is 1. The second-order valence-corrected chi connectivity index (χ2v) is 9.05. The Morgan fingerprint density at radius 1 is 1.24 bits per heavy atom. The molecular formula is C24H34FN5O4. The van der Waals surface area contributed by atoms with Gasteiger partial charge in [-0.05, 0) is 36.5 Å². The molecule has 186 valence electrons. The Bertz CT molecular complexity index is 903. The highest BCUT2D eigenvalue weighted by Crippen LogP contribution is 2.27. The Balaban J connectivity index is 1.56. The molecule has 3 amide bonds. The van der Waals surface area contributed by atoms with Crippen LogP contribution in [0.4, 0.5) is 4.39 Å².